The standard InChI is InChI=1S/C19H20N2O2/c1-21-8-7-18(21)14-23-19-10-16(11-20-12-19)6-5-15-3-2-4-17(9-15)13-22/h2-4,9-12,18,22H,7-8,13-14H2,1H3. The van der Waals surface area contributed by atoms with Gasteiger partial charge in [0.1, 0.15) is 12.4 Å². The highest BCUT2D eigenvalue weighted by Gasteiger charge is 2.24. The summed E-state index contributed by atoms with van der Waals surface area (Å²) in [5.74, 6) is 6.94. The summed E-state index contributed by atoms with van der Waals surface area (Å²) >= 11 is 0. The topological polar surface area (TPSA) is 45.6 Å². The first-order valence-corrected chi connectivity index (χ1v) is 7.74. The normalized spacial score (nSPS) is 17.0. The van der Waals surface area contributed by atoms with Gasteiger partial charge in [0.25, 0.3) is 0 Å². The third kappa shape index (κ3) is 4.10. The number of aliphatic hydroxyl groups is 1. The molecule has 0 saturated carbocycles. The van der Waals surface area contributed by atoms with E-state index in [2.05, 4.69) is 28.8 Å². The summed E-state index contributed by atoms with van der Waals surface area (Å²) in [5.41, 5.74) is 2.55. The van der Waals surface area contributed by atoms with E-state index in [0.29, 0.717) is 12.6 Å². The van der Waals surface area contributed by atoms with Crippen LogP contribution in [0.4, 0.5) is 0 Å². The van der Waals surface area contributed by atoms with Crippen molar-refractivity contribution in [2.45, 2.75) is 19.1 Å². The molecule has 1 N–H and O–H groups in total. The van der Waals surface area contributed by atoms with Gasteiger partial charge < -0.3 is 9.84 Å². The van der Waals surface area contributed by atoms with Crippen LogP contribution in [0.15, 0.2) is 42.7 Å². The van der Waals surface area contributed by atoms with E-state index in [4.69, 9.17) is 9.84 Å². The molecule has 1 aromatic carbocycles. The molecule has 0 spiro atoms. The van der Waals surface area contributed by atoms with E-state index in [-0.39, 0.29) is 6.61 Å². The molecule has 1 unspecified atom stereocenters. The first kappa shape index (κ1) is 15.5. The highest BCUT2D eigenvalue weighted by atomic mass is 16.5. The average molecular weight is 308 g/mol. The quantitative estimate of drug-likeness (QED) is 0.878. The van der Waals surface area contributed by atoms with Gasteiger partial charge in [0.2, 0.25) is 0 Å². The summed E-state index contributed by atoms with van der Waals surface area (Å²) in [6, 6.07) is 9.99. The first-order valence-electron chi connectivity index (χ1n) is 7.74. The zero-order valence-electron chi connectivity index (χ0n) is 13.2. The van der Waals surface area contributed by atoms with E-state index in [1.54, 1.807) is 12.4 Å². The van der Waals surface area contributed by atoms with Crippen molar-refractivity contribution >= 4 is 0 Å². The van der Waals surface area contributed by atoms with Crippen molar-refractivity contribution in [3.05, 3.63) is 59.4 Å². The van der Waals surface area contributed by atoms with Gasteiger partial charge in [0, 0.05) is 23.4 Å². The summed E-state index contributed by atoms with van der Waals surface area (Å²) in [6.07, 6.45) is 4.63. The average Bonchev–Trinajstić information content (AvgIpc) is 2.59. The minimum absolute atomic E-state index is 0.0238. The number of aliphatic hydroxyl groups excluding tert-OH is 1. The summed E-state index contributed by atoms with van der Waals surface area (Å²) < 4.78 is 5.80. The molecule has 0 radical (unpaired) electrons. The molecule has 1 fully saturated rings. The molecule has 3 rings (SSSR count). The predicted octanol–water partition coefficient (Wildman–Crippen LogP) is 2.06. The van der Waals surface area contributed by atoms with Gasteiger partial charge in [0.05, 0.1) is 12.8 Å². The van der Waals surface area contributed by atoms with Crippen LogP contribution in [0.1, 0.15) is 23.1 Å². The second kappa shape index (κ2) is 7.28. The van der Waals surface area contributed by atoms with Gasteiger partial charge in [-0.1, -0.05) is 24.0 Å². The van der Waals surface area contributed by atoms with Gasteiger partial charge >= 0.3 is 0 Å². The van der Waals surface area contributed by atoms with Crippen molar-refractivity contribution < 1.29 is 9.84 Å². The van der Waals surface area contributed by atoms with E-state index in [1.165, 1.54) is 6.42 Å². The van der Waals surface area contributed by atoms with Crippen molar-refractivity contribution in [1.29, 1.82) is 0 Å². The lowest BCUT2D eigenvalue weighted by atomic mass is 10.1. The Hall–Kier alpha value is -2.35. The molecule has 0 bridgehead atoms. The molecular formula is C19H20N2O2. The number of benzene rings is 1. The lowest BCUT2D eigenvalue weighted by molar-refractivity contribution is 0.0767. The Morgan fingerprint density at radius 3 is 2.87 bits per heavy atom. The molecule has 118 valence electrons. The molecule has 1 aliphatic heterocycles. The minimum Gasteiger partial charge on any atom is -0.490 e. The summed E-state index contributed by atoms with van der Waals surface area (Å²) in [4.78, 5) is 6.47. The van der Waals surface area contributed by atoms with E-state index < -0.39 is 0 Å². The van der Waals surface area contributed by atoms with Gasteiger partial charge in [-0.3, -0.25) is 9.88 Å². The summed E-state index contributed by atoms with van der Waals surface area (Å²) in [6.45, 7) is 1.86. The molecule has 1 aromatic heterocycles. The predicted molar refractivity (Wildman–Crippen MR) is 89.1 cm³/mol. The molecule has 1 saturated heterocycles. The third-order valence-corrected chi connectivity index (χ3v) is 4.05. The van der Waals surface area contributed by atoms with Gasteiger partial charge in [-0.05, 0) is 43.8 Å². The highest BCUT2D eigenvalue weighted by Crippen LogP contribution is 2.17. The summed E-state index contributed by atoms with van der Waals surface area (Å²) in [7, 11) is 2.11. The second-order valence-electron chi connectivity index (χ2n) is 5.75. The van der Waals surface area contributed by atoms with Crippen LogP contribution in [-0.2, 0) is 6.61 Å². The van der Waals surface area contributed by atoms with Crippen molar-refractivity contribution in [3.8, 4) is 17.6 Å². The van der Waals surface area contributed by atoms with Crippen LogP contribution >= 0.6 is 0 Å². The van der Waals surface area contributed by atoms with Crippen molar-refractivity contribution in [2.75, 3.05) is 20.2 Å². The molecule has 1 aliphatic rings. The van der Waals surface area contributed by atoms with Crippen LogP contribution in [0.3, 0.4) is 0 Å². The van der Waals surface area contributed by atoms with Crippen molar-refractivity contribution in [1.82, 2.24) is 9.88 Å². The van der Waals surface area contributed by atoms with E-state index in [0.717, 1.165) is 29.0 Å². The number of nitrogens with zero attached hydrogens (tertiary/aromatic N) is 2. The Balaban J connectivity index is 1.66. The Morgan fingerprint density at radius 1 is 1.26 bits per heavy atom. The van der Waals surface area contributed by atoms with Gasteiger partial charge in [-0.25, -0.2) is 0 Å². The zero-order valence-corrected chi connectivity index (χ0v) is 13.2. The maximum atomic E-state index is 9.15. The number of likely N-dealkylation sites (tertiary alicyclic amines) is 1. The number of likely N-dealkylation sites (N-methyl/N-ethyl adjacent to an activating group) is 1. The van der Waals surface area contributed by atoms with Gasteiger partial charge in [-0.15, -0.1) is 0 Å². The second-order valence-corrected chi connectivity index (χ2v) is 5.75. The number of ether oxygens (including phenoxy) is 1. The van der Waals surface area contributed by atoms with Gasteiger partial charge in [0.15, 0.2) is 0 Å². The molecule has 4 heteroatoms. The fraction of sp³-hybridized carbons (Fsp3) is 0.316. The number of pyridine rings is 1. The monoisotopic (exact) mass is 308 g/mol. The van der Waals surface area contributed by atoms with Crippen molar-refractivity contribution in [3.63, 3.8) is 0 Å². The molecular weight excluding hydrogens is 288 g/mol. The molecule has 0 amide bonds. The van der Waals surface area contributed by atoms with Crippen LogP contribution in [0.5, 0.6) is 5.75 Å². The molecule has 0 aliphatic carbocycles. The van der Waals surface area contributed by atoms with Crippen LogP contribution in [0.25, 0.3) is 0 Å². The zero-order chi connectivity index (χ0) is 16.1. The van der Waals surface area contributed by atoms with Crippen molar-refractivity contribution in [2.24, 2.45) is 0 Å². The van der Waals surface area contributed by atoms with E-state index >= 15 is 0 Å². The maximum absolute atomic E-state index is 9.15. The Bertz CT molecular complexity index is 733. The Morgan fingerprint density at radius 2 is 2.13 bits per heavy atom. The van der Waals surface area contributed by atoms with Crippen LogP contribution in [0, 0.1) is 11.8 Å². The Kier molecular flexibility index (Phi) is 4.92. The lowest BCUT2D eigenvalue weighted by Gasteiger charge is -2.37. The lowest BCUT2D eigenvalue weighted by Crippen LogP contribution is -2.48. The number of rotatable bonds is 4. The van der Waals surface area contributed by atoms with Crippen LogP contribution < -0.4 is 4.74 Å². The number of hydrogen-bond acceptors (Lipinski definition) is 4. The largest absolute Gasteiger partial charge is 0.490 e. The molecule has 4 nitrogen and oxygen atoms in total. The molecule has 2 aromatic rings. The Labute approximate surface area is 136 Å². The smallest absolute Gasteiger partial charge is 0.138 e. The number of hydrogen-bond donors (Lipinski definition) is 1. The first-order chi connectivity index (χ1) is 11.2. The molecule has 2 heterocycles. The van der Waals surface area contributed by atoms with E-state index in [9.17, 15) is 0 Å². The van der Waals surface area contributed by atoms with Crippen LogP contribution in [0.2, 0.25) is 0 Å². The van der Waals surface area contributed by atoms with E-state index in [1.807, 2.05) is 30.3 Å². The number of aromatic nitrogens is 1. The maximum Gasteiger partial charge on any atom is 0.138 e. The van der Waals surface area contributed by atoms with Crippen LogP contribution in [-0.4, -0.2) is 41.2 Å². The SMILES string of the molecule is CN1CCC1COc1cncc(C#Cc2cccc(CO)c2)c1. The third-order valence-electron chi connectivity index (χ3n) is 4.05. The molecule has 23 heavy (non-hydrogen) atoms. The minimum atomic E-state index is 0.0238. The fourth-order valence-corrected chi connectivity index (χ4v) is 2.43. The summed E-state index contributed by atoms with van der Waals surface area (Å²) in [5, 5.41) is 9.15. The fourth-order valence-electron chi connectivity index (χ4n) is 2.43. The van der Waals surface area contributed by atoms with Gasteiger partial charge in [-0.2, -0.15) is 0 Å². The molecule has 1 atom stereocenters. The highest BCUT2D eigenvalue weighted by molar-refractivity contribution is 5.44.